The molecular formula is C12H22N4O. The number of hydrogen-bond acceptors (Lipinski definition) is 4. The van der Waals surface area contributed by atoms with Gasteiger partial charge < -0.3 is 15.7 Å². The van der Waals surface area contributed by atoms with Gasteiger partial charge in [-0.1, -0.05) is 6.92 Å². The van der Waals surface area contributed by atoms with Crippen molar-refractivity contribution in [3.8, 4) is 0 Å². The Morgan fingerprint density at radius 2 is 2.41 bits per heavy atom. The van der Waals surface area contributed by atoms with Crippen LogP contribution in [0, 0.1) is 5.92 Å². The van der Waals surface area contributed by atoms with E-state index in [-0.39, 0.29) is 6.10 Å². The second-order valence-corrected chi connectivity index (χ2v) is 4.95. The number of aliphatic hydroxyl groups excluding tert-OH is 1. The monoisotopic (exact) mass is 238 g/mol. The number of nitrogens with zero attached hydrogens (tertiary/aromatic N) is 3. The molecular weight excluding hydrogens is 216 g/mol. The lowest BCUT2D eigenvalue weighted by atomic mass is 10.3. The number of aliphatic hydroxyl groups is 1. The normalized spacial score (nSPS) is 17.6. The fourth-order valence-electron chi connectivity index (χ4n) is 2.05. The van der Waals surface area contributed by atoms with E-state index in [1.165, 1.54) is 12.8 Å². The van der Waals surface area contributed by atoms with E-state index in [2.05, 4.69) is 16.9 Å². The molecule has 1 atom stereocenters. The average molecular weight is 238 g/mol. The van der Waals surface area contributed by atoms with E-state index in [0.29, 0.717) is 18.8 Å². The summed E-state index contributed by atoms with van der Waals surface area (Å²) in [5, 5.41) is 14.1. The molecule has 1 aromatic heterocycles. The number of anilines is 1. The molecule has 0 radical (unpaired) electrons. The largest absolute Gasteiger partial charge is 0.396 e. The first-order chi connectivity index (χ1) is 8.17. The van der Waals surface area contributed by atoms with Gasteiger partial charge in [0.15, 0.2) is 0 Å². The molecule has 5 heteroatoms. The van der Waals surface area contributed by atoms with Crippen LogP contribution in [-0.4, -0.2) is 45.5 Å². The highest BCUT2D eigenvalue weighted by Gasteiger charge is 2.24. The maximum absolute atomic E-state index is 10.0. The van der Waals surface area contributed by atoms with Crippen molar-refractivity contribution in [2.75, 3.05) is 25.4 Å². The van der Waals surface area contributed by atoms with E-state index in [0.717, 1.165) is 19.0 Å². The summed E-state index contributed by atoms with van der Waals surface area (Å²) in [7, 11) is 0. The predicted octanol–water partition coefficient (Wildman–Crippen LogP) is 0.558. The van der Waals surface area contributed by atoms with Crippen molar-refractivity contribution in [2.45, 2.75) is 32.4 Å². The molecule has 1 heterocycles. The zero-order chi connectivity index (χ0) is 12.3. The van der Waals surface area contributed by atoms with Crippen molar-refractivity contribution in [3.05, 3.63) is 12.4 Å². The quantitative estimate of drug-likeness (QED) is 0.728. The molecule has 3 N–H and O–H groups in total. The highest BCUT2D eigenvalue weighted by atomic mass is 16.3. The lowest BCUT2D eigenvalue weighted by Crippen LogP contribution is -2.36. The summed E-state index contributed by atoms with van der Waals surface area (Å²) in [6.07, 6.45) is 5.67. The molecule has 96 valence electrons. The molecule has 0 amide bonds. The van der Waals surface area contributed by atoms with Gasteiger partial charge in [-0.2, -0.15) is 5.10 Å². The molecule has 1 aliphatic rings. The maximum atomic E-state index is 10.0. The Hall–Kier alpha value is -1.07. The van der Waals surface area contributed by atoms with Gasteiger partial charge in [0.1, 0.15) is 0 Å². The van der Waals surface area contributed by atoms with Gasteiger partial charge in [-0.05, 0) is 25.3 Å². The fraction of sp³-hybridized carbons (Fsp3) is 0.750. The molecule has 0 aliphatic heterocycles. The highest BCUT2D eigenvalue weighted by Crippen LogP contribution is 2.29. The molecule has 1 aliphatic carbocycles. The Bertz CT molecular complexity index is 348. The number of hydrogen-bond donors (Lipinski definition) is 2. The Morgan fingerprint density at radius 3 is 2.94 bits per heavy atom. The average Bonchev–Trinajstić information content (AvgIpc) is 3.01. The van der Waals surface area contributed by atoms with E-state index in [1.54, 1.807) is 17.1 Å². The topological polar surface area (TPSA) is 67.3 Å². The summed E-state index contributed by atoms with van der Waals surface area (Å²) < 4.78 is 1.70. The van der Waals surface area contributed by atoms with Gasteiger partial charge in [0.2, 0.25) is 0 Å². The van der Waals surface area contributed by atoms with Crippen LogP contribution in [0.3, 0.4) is 0 Å². The molecule has 0 spiro atoms. The van der Waals surface area contributed by atoms with E-state index in [9.17, 15) is 5.11 Å². The third kappa shape index (κ3) is 4.02. The molecule has 1 unspecified atom stereocenters. The standard InChI is InChI=1S/C12H22N4O/c1-2-15(6-10-3-4-10)8-12(17)9-16-7-11(13)5-14-16/h5,7,10,12,17H,2-4,6,8-9,13H2,1H3. The predicted molar refractivity (Wildman–Crippen MR) is 67.5 cm³/mol. The van der Waals surface area contributed by atoms with Crippen LogP contribution in [0.5, 0.6) is 0 Å². The third-order valence-corrected chi connectivity index (χ3v) is 3.18. The number of rotatable bonds is 7. The number of nitrogen functional groups attached to an aromatic ring is 1. The molecule has 0 bridgehead atoms. The van der Waals surface area contributed by atoms with E-state index >= 15 is 0 Å². The van der Waals surface area contributed by atoms with Crippen LogP contribution >= 0.6 is 0 Å². The Balaban J connectivity index is 1.76. The molecule has 0 saturated heterocycles. The summed E-state index contributed by atoms with van der Waals surface area (Å²) in [5.74, 6) is 0.863. The van der Waals surface area contributed by atoms with Gasteiger partial charge in [-0.15, -0.1) is 0 Å². The molecule has 17 heavy (non-hydrogen) atoms. The van der Waals surface area contributed by atoms with Crippen molar-refractivity contribution in [2.24, 2.45) is 5.92 Å². The van der Waals surface area contributed by atoms with Crippen LogP contribution in [0.15, 0.2) is 12.4 Å². The van der Waals surface area contributed by atoms with E-state index in [4.69, 9.17) is 5.73 Å². The third-order valence-electron chi connectivity index (χ3n) is 3.18. The zero-order valence-electron chi connectivity index (χ0n) is 10.4. The Morgan fingerprint density at radius 1 is 1.65 bits per heavy atom. The molecule has 5 nitrogen and oxygen atoms in total. The van der Waals surface area contributed by atoms with E-state index < -0.39 is 0 Å². The number of likely N-dealkylation sites (N-methyl/N-ethyl adjacent to an activating group) is 1. The smallest absolute Gasteiger partial charge is 0.0862 e. The summed E-state index contributed by atoms with van der Waals surface area (Å²) in [6, 6.07) is 0. The lowest BCUT2D eigenvalue weighted by Gasteiger charge is -2.23. The zero-order valence-corrected chi connectivity index (χ0v) is 10.4. The molecule has 1 aromatic rings. The van der Waals surface area contributed by atoms with Gasteiger partial charge in [0, 0.05) is 19.3 Å². The highest BCUT2D eigenvalue weighted by molar-refractivity contribution is 5.30. The molecule has 1 fully saturated rings. The van der Waals surface area contributed by atoms with Gasteiger partial charge in [0.25, 0.3) is 0 Å². The van der Waals surface area contributed by atoms with Crippen molar-refractivity contribution in [1.82, 2.24) is 14.7 Å². The molecule has 2 rings (SSSR count). The molecule has 1 saturated carbocycles. The Kier molecular flexibility index (Phi) is 4.02. The van der Waals surface area contributed by atoms with Gasteiger partial charge in [0.05, 0.1) is 24.5 Å². The summed E-state index contributed by atoms with van der Waals surface area (Å²) in [5.41, 5.74) is 6.22. The van der Waals surface area contributed by atoms with Crippen LogP contribution in [0.25, 0.3) is 0 Å². The summed E-state index contributed by atoms with van der Waals surface area (Å²) >= 11 is 0. The first-order valence-corrected chi connectivity index (χ1v) is 6.35. The number of aromatic nitrogens is 2. The molecule has 0 aromatic carbocycles. The number of nitrogens with two attached hydrogens (primary N) is 1. The van der Waals surface area contributed by atoms with Crippen LogP contribution in [0.4, 0.5) is 5.69 Å². The van der Waals surface area contributed by atoms with Crippen molar-refractivity contribution < 1.29 is 5.11 Å². The van der Waals surface area contributed by atoms with Crippen LogP contribution < -0.4 is 5.73 Å². The van der Waals surface area contributed by atoms with Gasteiger partial charge in [-0.3, -0.25) is 4.68 Å². The second-order valence-electron chi connectivity index (χ2n) is 4.95. The second kappa shape index (κ2) is 5.51. The minimum Gasteiger partial charge on any atom is -0.396 e. The fourth-order valence-corrected chi connectivity index (χ4v) is 2.05. The summed E-state index contributed by atoms with van der Waals surface area (Å²) in [6.45, 7) is 5.48. The minimum atomic E-state index is -0.381. The maximum Gasteiger partial charge on any atom is 0.0862 e. The summed E-state index contributed by atoms with van der Waals surface area (Å²) in [4.78, 5) is 2.31. The van der Waals surface area contributed by atoms with Crippen molar-refractivity contribution in [3.63, 3.8) is 0 Å². The van der Waals surface area contributed by atoms with E-state index in [1.807, 2.05) is 0 Å². The first-order valence-electron chi connectivity index (χ1n) is 6.35. The Labute approximate surface area is 102 Å². The van der Waals surface area contributed by atoms with Gasteiger partial charge >= 0.3 is 0 Å². The van der Waals surface area contributed by atoms with Crippen LogP contribution in [0.1, 0.15) is 19.8 Å². The van der Waals surface area contributed by atoms with Crippen molar-refractivity contribution in [1.29, 1.82) is 0 Å². The first kappa shape index (κ1) is 12.4. The SMILES string of the molecule is CCN(CC(O)Cn1cc(N)cn1)CC1CC1. The lowest BCUT2D eigenvalue weighted by molar-refractivity contribution is 0.0951. The van der Waals surface area contributed by atoms with Gasteiger partial charge in [-0.25, -0.2) is 0 Å². The van der Waals surface area contributed by atoms with Crippen LogP contribution in [0.2, 0.25) is 0 Å². The minimum absolute atomic E-state index is 0.381. The van der Waals surface area contributed by atoms with Crippen LogP contribution in [-0.2, 0) is 6.54 Å². The van der Waals surface area contributed by atoms with Crippen molar-refractivity contribution >= 4 is 5.69 Å².